The highest BCUT2D eigenvalue weighted by atomic mass is 79.9. The lowest BCUT2D eigenvalue weighted by molar-refractivity contribution is 0.0524. The van der Waals surface area contributed by atoms with Gasteiger partial charge in [-0.15, -0.1) is 0 Å². The van der Waals surface area contributed by atoms with Crippen molar-refractivity contribution in [3.63, 3.8) is 0 Å². The minimum Gasteiger partial charge on any atom is -0.462 e. The summed E-state index contributed by atoms with van der Waals surface area (Å²) in [5.41, 5.74) is 1.05. The Bertz CT molecular complexity index is 1100. The van der Waals surface area contributed by atoms with Crippen LogP contribution in [0.15, 0.2) is 39.2 Å². The zero-order valence-corrected chi connectivity index (χ0v) is 17.2. The number of carbonyl (C=O) groups excluding carboxylic acids is 3. The summed E-state index contributed by atoms with van der Waals surface area (Å²) in [7, 11) is 0. The fraction of sp³-hybridized carbons (Fsp3) is 0.150. The van der Waals surface area contributed by atoms with Crippen molar-refractivity contribution < 1.29 is 28.3 Å². The molecule has 0 fully saturated rings. The maximum Gasteiger partial charge on any atom is 0.345 e. The van der Waals surface area contributed by atoms with Crippen LogP contribution in [0.3, 0.4) is 0 Å². The van der Waals surface area contributed by atoms with E-state index >= 15 is 0 Å². The molecule has 0 aliphatic heterocycles. The molecule has 3 rings (SSSR count). The van der Waals surface area contributed by atoms with E-state index in [1.165, 1.54) is 6.07 Å². The molecule has 0 aliphatic rings. The highest BCUT2D eigenvalue weighted by Gasteiger charge is 2.27. The maximum absolute atomic E-state index is 12.5. The van der Waals surface area contributed by atoms with Crippen LogP contribution >= 0.6 is 27.5 Å². The van der Waals surface area contributed by atoms with E-state index in [0.29, 0.717) is 22.8 Å². The molecule has 0 saturated carbocycles. The van der Waals surface area contributed by atoms with E-state index in [0.717, 1.165) is 0 Å². The minimum absolute atomic E-state index is 0.0301. The zero-order chi connectivity index (χ0) is 20.4. The zero-order valence-electron chi connectivity index (χ0n) is 14.9. The van der Waals surface area contributed by atoms with Crippen LogP contribution in [0.4, 0.5) is 0 Å². The minimum atomic E-state index is -0.710. The standard InChI is InChI=1S/C20H14BrClO6/c1-3-26-20(25)15-14(9-23)27-18-10(2)8-13(17(21)16(15)18)28-19(24)11-6-4-5-7-12(11)22/h4-9H,3H2,1-2H3. The highest BCUT2D eigenvalue weighted by Crippen LogP contribution is 2.40. The van der Waals surface area contributed by atoms with E-state index in [9.17, 15) is 14.4 Å². The molecule has 0 atom stereocenters. The van der Waals surface area contributed by atoms with Gasteiger partial charge in [0.05, 0.1) is 27.1 Å². The first kappa shape index (κ1) is 20.1. The van der Waals surface area contributed by atoms with Gasteiger partial charge in [0.1, 0.15) is 16.9 Å². The van der Waals surface area contributed by atoms with Crippen LogP contribution in [0, 0.1) is 6.92 Å². The van der Waals surface area contributed by atoms with Crippen LogP contribution < -0.4 is 4.74 Å². The van der Waals surface area contributed by atoms with Gasteiger partial charge in [-0.25, -0.2) is 9.59 Å². The molecule has 0 N–H and O–H groups in total. The average Bonchev–Trinajstić information content (AvgIpc) is 3.07. The molecule has 1 heterocycles. The predicted octanol–water partition coefficient (Wildman–Crippen LogP) is 5.37. The fourth-order valence-corrected chi connectivity index (χ4v) is 3.52. The topological polar surface area (TPSA) is 82.8 Å². The van der Waals surface area contributed by atoms with E-state index in [2.05, 4.69) is 15.9 Å². The predicted molar refractivity (Wildman–Crippen MR) is 106 cm³/mol. The van der Waals surface area contributed by atoms with Crippen molar-refractivity contribution in [1.82, 2.24) is 0 Å². The van der Waals surface area contributed by atoms with Crippen LogP contribution in [-0.2, 0) is 4.74 Å². The van der Waals surface area contributed by atoms with Crippen LogP contribution in [0.2, 0.25) is 5.02 Å². The van der Waals surface area contributed by atoms with Crippen molar-refractivity contribution in [1.29, 1.82) is 0 Å². The molecule has 3 aromatic rings. The first-order valence-corrected chi connectivity index (χ1v) is 9.40. The van der Waals surface area contributed by atoms with Gasteiger partial charge in [0.15, 0.2) is 12.0 Å². The monoisotopic (exact) mass is 464 g/mol. The molecule has 0 aliphatic carbocycles. The van der Waals surface area contributed by atoms with Gasteiger partial charge in [-0.2, -0.15) is 0 Å². The van der Waals surface area contributed by atoms with Gasteiger partial charge in [-0.1, -0.05) is 23.7 Å². The van der Waals surface area contributed by atoms with E-state index in [4.69, 9.17) is 25.5 Å². The molecular formula is C20H14BrClO6. The largest absolute Gasteiger partial charge is 0.462 e. The Hall–Kier alpha value is -2.64. The van der Waals surface area contributed by atoms with Crippen molar-refractivity contribution in [2.45, 2.75) is 13.8 Å². The number of hydrogen-bond donors (Lipinski definition) is 0. The first-order chi connectivity index (χ1) is 13.4. The van der Waals surface area contributed by atoms with Crippen LogP contribution in [0.25, 0.3) is 11.0 Å². The molecule has 2 aromatic carbocycles. The summed E-state index contributed by atoms with van der Waals surface area (Å²) >= 11 is 9.40. The molecule has 0 bridgehead atoms. The van der Waals surface area contributed by atoms with Gasteiger partial charge in [0.25, 0.3) is 0 Å². The molecule has 0 saturated heterocycles. The number of aldehydes is 1. The van der Waals surface area contributed by atoms with Gasteiger partial charge >= 0.3 is 11.9 Å². The van der Waals surface area contributed by atoms with Gasteiger partial charge in [-0.3, -0.25) is 4.79 Å². The lowest BCUT2D eigenvalue weighted by Crippen LogP contribution is -2.10. The number of hydrogen-bond acceptors (Lipinski definition) is 6. The number of benzene rings is 2. The number of ether oxygens (including phenoxy) is 2. The molecule has 144 valence electrons. The van der Waals surface area contributed by atoms with E-state index in [1.807, 2.05) is 0 Å². The number of halogens is 2. The summed E-state index contributed by atoms with van der Waals surface area (Å²) in [6.45, 7) is 3.48. The molecule has 0 amide bonds. The number of fused-ring (bicyclic) bond motifs is 1. The van der Waals surface area contributed by atoms with Crippen molar-refractivity contribution in [2.75, 3.05) is 6.61 Å². The Morgan fingerprint density at radius 1 is 1.25 bits per heavy atom. The Labute approximate surface area is 173 Å². The van der Waals surface area contributed by atoms with Gasteiger partial charge in [0, 0.05) is 0 Å². The normalized spacial score (nSPS) is 10.7. The number of aryl methyl sites for hydroxylation is 1. The Morgan fingerprint density at radius 2 is 1.96 bits per heavy atom. The maximum atomic E-state index is 12.5. The number of esters is 2. The number of furan rings is 1. The van der Waals surface area contributed by atoms with Crippen molar-refractivity contribution in [2.24, 2.45) is 0 Å². The number of rotatable bonds is 5. The van der Waals surface area contributed by atoms with Crippen LogP contribution in [0.1, 0.15) is 43.8 Å². The summed E-state index contributed by atoms with van der Waals surface area (Å²) in [5.74, 6) is -1.38. The second-order valence-corrected chi connectivity index (χ2v) is 6.96. The van der Waals surface area contributed by atoms with E-state index in [-0.39, 0.29) is 38.7 Å². The summed E-state index contributed by atoms with van der Waals surface area (Å²) in [4.78, 5) is 36.3. The SMILES string of the molecule is CCOC(=O)c1c(C=O)oc2c(C)cc(OC(=O)c3ccccc3Cl)c(Br)c12. The molecule has 6 nitrogen and oxygen atoms in total. The lowest BCUT2D eigenvalue weighted by atomic mass is 10.1. The second kappa shape index (κ2) is 8.16. The lowest BCUT2D eigenvalue weighted by Gasteiger charge is -2.10. The molecule has 0 unspecified atom stereocenters. The third kappa shape index (κ3) is 3.55. The van der Waals surface area contributed by atoms with Crippen molar-refractivity contribution >= 4 is 56.7 Å². The van der Waals surface area contributed by atoms with Crippen molar-refractivity contribution in [3.05, 3.63) is 62.3 Å². The first-order valence-electron chi connectivity index (χ1n) is 8.23. The number of carbonyl (C=O) groups is 3. The second-order valence-electron chi connectivity index (χ2n) is 5.76. The third-order valence-electron chi connectivity index (χ3n) is 3.96. The Kier molecular flexibility index (Phi) is 5.86. The summed E-state index contributed by atoms with van der Waals surface area (Å²) in [5, 5.41) is 0.544. The van der Waals surface area contributed by atoms with Crippen molar-refractivity contribution in [3.8, 4) is 5.75 Å². The molecule has 0 spiro atoms. The van der Waals surface area contributed by atoms with Gasteiger partial charge < -0.3 is 13.9 Å². The average molecular weight is 466 g/mol. The Morgan fingerprint density at radius 3 is 2.61 bits per heavy atom. The van der Waals surface area contributed by atoms with E-state index in [1.54, 1.807) is 38.1 Å². The molecular weight excluding hydrogens is 452 g/mol. The third-order valence-corrected chi connectivity index (χ3v) is 5.08. The quantitative estimate of drug-likeness (QED) is 0.286. The molecule has 0 radical (unpaired) electrons. The summed E-state index contributed by atoms with van der Waals surface area (Å²) in [6, 6.07) is 8.04. The smallest absolute Gasteiger partial charge is 0.345 e. The van der Waals surface area contributed by atoms with Crippen LogP contribution in [0.5, 0.6) is 5.75 Å². The molecule has 1 aromatic heterocycles. The summed E-state index contributed by atoms with van der Waals surface area (Å²) in [6.07, 6.45) is 0.438. The van der Waals surface area contributed by atoms with E-state index < -0.39 is 11.9 Å². The van der Waals surface area contributed by atoms with Crippen LogP contribution in [-0.4, -0.2) is 24.8 Å². The summed E-state index contributed by atoms with van der Waals surface area (Å²) < 4.78 is 16.3. The van der Waals surface area contributed by atoms with Gasteiger partial charge in [0.2, 0.25) is 0 Å². The molecule has 28 heavy (non-hydrogen) atoms. The Balaban J connectivity index is 2.15. The van der Waals surface area contributed by atoms with Gasteiger partial charge in [-0.05, 0) is 53.5 Å². The fourth-order valence-electron chi connectivity index (χ4n) is 2.73. The highest BCUT2D eigenvalue weighted by molar-refractivity contribution is 9.10. The molecule has 8 heteroatoms.